The highest BCUT2D eigenvalue weighted by Gasteiger charge is 2.35. The Kier molecular flexibility index (Phi) is 7.04. The van der Waals surface area contributed by atoms with Gasteiger partial charge in [0.15, 0.2) is 5.60 Å². The molecule has 0 fully saturated rings. The number of benzene rings is 2. The molecule has 162 valence electrons. The number of carbonyl (C=O) groups is 2. The molecule has 0 saturated heterocycles. The zero-order chi connectivity index (χ0) is 23.2. The summed E-state index contributed by atoms with van der Waals surface area (Å²) in [6.07, 6.45) is -3.68. The molecule has 10 heteroatoms. The second-order valence-corrected chi connectivity index (χ2v) is 6.60. The van der Waals surface area contributed by atoms with Crippen LogP contribution in [0.1, 0.15) is 18.1 Å². The van der Waals surface area contributed by atoms with E-state index in [1.807, 2.05) is 0 Å². The lowest BCUT2D eigenvalue weighted by atomic mass is 10.1. The van der Waals surface area contributed by atoms with Crippen LogP contribution in [0.5, 0.6) is 5.75 Å². The molecule has 0 aromatic heterocycles. The van der Waals surface area contributed by atoms with Crippen LogP contribution in [0.4, 0.5) is 24.5 Å². The normalized spacial score (nSPS) is 12.8. The van der Waals surface area contributed by atoms with Crippen molar-refractivity contribution in [2.45, 2.75) is 18.7 Å². The fourth-order valence-electron chi connectivity index (χ4n) is 2.34. The number of nitrogens with one attached hydrogen (secondary N) is 2. The van der Waals surface area contributed by atoms with Gasteiger partial charge in [-0.05, 0) is 55.5 Å². The zero-order valence-electron chi connectivity index (χ0n) is 16.3. The fraction of sp³-hybridized carbons (Fsp3) is 0.190. The first-order chi connectivity index (χ1) is 14.5. The Morgan fingerprint density at radius 1 is 1.16 bits per heavy atom. The van der Waals surface area contributed by atoms with Gasteiger partial charge in [-0.3, -0.25) is 9.59 Å². The second-order valence-electron chi connectivity index (χ2n) is 6.60. The fourth-order valence-corrected chi connectivity index (χ4v) is 2.34. The molecule has 0 unspecified atom stereocenters. The van der Waals surface area contributed by atoms with Crippen molar-refractivity contribution in [1.82, 2.24) is 0 Å². The summed E-state index contributed by atoms with van der Waals surface area (Å²) in [4.78, 5) is 23.6. The number of ether oxygens (including phenoxy) is 1. The Morgan fingerprint density at radius 3 is 2.32 bits per heavy atom. The number of hydrogen-bond donors (Lipinski definition) is 3. The Bertz CT molecular complexity index is 1030. The number of hydrogen-bond acceptors (Lipinski definition) is 5. The third-order valence-corrected chi connectivity index (χ3v) is 4.02. The van der Waals surface area contributed by atoms with E-state index in [2.05, 4.69) is 17.2 Å². The van der Waals surface area contributed by atoms with Crippen LogP contribution in [0.3, 0.4) is 0 Å². The van der Waals surface area contributed by atoms with Crippen molar-refractivity contribution in [2.75, 3.05) is 17.2 Å². The van der Waals surface area contributed by atoms with E-state index in [1.165, 1.54) is 30.3 Å². The molecule has 0 spiro atoms. The average molecular weight is 433 g/mol. The van der Waals surface area contributed by atoms with E-state index < -0.39 is 41.3 Å². The monoisotopic (exact) mass is 433 g/mol. The predicted molar refractivity (Wildman–Crippen MR) is 106 cm³/mol. The molecule has 3 N–H and O–H groups in total. The topological polar surface area (TPSA) is 111 Å². The standard InChI is InChI=1S/C21H18F3N3O4/c1-3-18(28)26-14-6-8-16(9-7-14)31-12-20(2,30)19(29)27-15-5-4-13(11-25)17(10-15)21(22,23)24/h3-10,30H,1,12H2,2H3,(H,26,28)(H,27,29)/t20-/m0/s1. The molecule has 0 aliphatic rings. The smallest absolute Gasteiger partial charge is 0.417 e. The Morgan fingerprint density at radius 2 is 1.77 bits per heavy atom. The van der Waals surface area contributed by atoms with Crippen LogP contribution in [0.2, 0.25) is 0 Å². The first-order valence-electron chi connectivity index (χ1n) is 8.78. The summed E-state index contributed by atoms with van der Waals surface area (Å²) >= 11 is 0. The third kappa shape index (κ3) is 6.32. The number of amides is 2. The summed E-state index contributed by atoms with van der Waals surface area (Å²) in [7, 11) is 0. The largest absolute Gasteiger partial charge is 0.490 e. The molecule has 2 aromatic rings. The Hall–Kier alpha value is -3.84. The third-order valence-electron chi connectivity index (χ3n) is 4.02. The number of aliphatic hydroxyl groups is 1. The van der Waals surface area contributed by atoms with Gasteiger partial charge in [-0.25, -0.2) is 0 Å². The number of nitriles is 1. The van der Waals surface area contributed by atoms with Crippen LogP contribution in [0, 0.1) is 11.3 Å². The number of carbonyl (C=O) groups excluding carboxylic acids is 2. The molecule has 0 aliphatic carbocycles. The van der Waals surface area contributed by atoms with Crippen molar-refractivity contribution in [1.29, 1.82) is 5.26 Å². The SMILES string of the molecule is C=CC(=O)Nc1ccc(OC[C@](C)(O)C(=O)Nc2ccc(C#N)c(C(F)(F)F)c2)cc1. The molecule has 2 rings (SSSR count). The summed E-state index contributed by atoms with van der Waals surface area (Å²) in [6, 6.07) is 10.1. The van der Waals surface area contributed by atoms with Gasteiger partial charge in [-0.15, -0.1) is 0 Å². The zero-order valence-corrected chi connectivity index (χ0v) is 16.3. The lowest BCUT2D eigenvalue weighted by Crippen LogP contribution is -2.45. The van der Waals surface area contributed by atoms with Gasteiger partial charge in [0, 0.05) is 11.4 Å². The van der Waals surface area contributed by atoms with Crippen molar-refractivity contribution < 1.29 is 32.6 Å². The van der Waals surface area contributed by atoms with Crippen LogP contribution in [-0.4, -0.2) is 29.1 Å². The summed E-state index contributed by atoms with van der Waals surface area (Å²) in [5.74, 6) is -1.12. The van der Waals surface area contributed by atoms with Crippen molar-refractivity contribution in [3.63, 3.8) is 0 Å². The van der Waals surface area contributed by atoms with E-state index in [-0.39, 0.29) is 11.4 Å². The Labute approximate surface area is 175 Å². The quantitative estimate of drug-likeness (QED) is 0.579. The van der Waals surface area contributed by atoms with Gasteiger partial charge in [0.2, 0.25) is 5.91 Å². The molecule has 0 bridgehead atoms. The number of alkyl halides is 3. The minimum Gasteiger partial charge on any atom is -0.490 e. The van der Waals surface area contributed by atoms with Gasteiger partial charge in [0.25, 0.3) is 5.91 Å². The lowest BCUT2D eigenvalue weighted by molar-refractivity contribution is -0.138. The molecule has 7 nitrogen and oxygen atoms in total. The maximum atomic E-state index is 13.1. The first-order valence-corrected chi connectivity index (χ1v) is 8.78. The summed E-state index contributed by atoms with van der Waals surface area (Å²) in [5, 5.41) is 23.9. The van der Waals surface area contributed by atoms with E-state index in [9.17, 15) is 27.9 Å². The van der Waals surface area contributed by atoms with Gasteiger partial charge in [-0.1, -0.05) is 6.58 Å². The molecular formula is C21H18F3N3O4. The van der Waals surface area contributed by atoms with E-state index >= 15 is 0 Å². The summed E-state index contributed by atoms with van der Waals surface area (Å²) in [5.41, 5.74) is -3.63. The van der Waals surface area contributed by atoms with Crippen molar-refractivity contribution in [2.24, 2.45) is 0 Å². The van der Waals surface area contributed by atoms with E-state index in [0.29, 0.717) is 11.8 Å². The minimum atomic E-state index is -4.78. The second kappa shape index (κ2) is 9.32. The van der Waals surface area contributed by atoms with Crippen molar-refractivity contribution >= 4 is 23.2 Å². The number of anilines is 2. The predicted octanol–water partition coefficient (Wildman–Crippen LogP) is 3.47. The van der Waals surface area contributed by atoms with Gasteiger partial charge in [-0.2, -0.15) is 18.4 Å². The maximum absolute atomic E-state index is 13.1. The molecule has 2 amide bonds. The van der Waals surface area contributed by atoms with E-state index in [1.54, 1.807) is 0 Å². The molecule has 0 saturated carbocycles. The molecule has 1 atom stereocenters. The van der Waals surface area contributed by atoms with Crippen LogP contribution in [0.15, 0.2) is 55.1 Å². The molecule has 0 heterocycles. The van der Waals surface area contributed by atoms with Gasteiger partial charge in [0.1, 0.15) is 12.4 Å². The molecular weight excluding hydrogens is 415 g/mol. The number of halogens is 3. The summed E-state index contributed by atoms with van der Waals surface area (Å²) < 4.78 is 44.5. The average Bonchev–Trinajstić information content (AvgIpc) is 2.72. The lowest BCUT2D eigenvalue weighted by Gasteiger charge is -2.23. The van der Waals surface area contributed by atoms with Crippen LogP contribution in [0.25, 0.3) is 0 Å². The van der Waals surface area contributed by atoms with Crippen LogP contribution in [-0.2, 0) is 15.8 Å². The Balaban J connectivity index is 2.04. The molecule has 31 heavy (non-hydrogen) atoms. The molecule has 0 radical (unpaired) electrons. The number of rotatable bonds is 7. The van der Waals surface area contributed by atoms with Gasteiger partial charge in [0.05, 0.1) is 17.2 Å². The van der Waals surface area contributed by atoms with Crippen LogP contribution >= 0.6 is 0 Å². The summed E-state index contributed by atoms with van der Waals surface area (Å²) in [6.45, 7) is 3.96. The number of nitrogens with zero attached hydrogens (tertiary/aromatic N) is 1. The van der Waals surface area contributed by atoms with Crippen molar-refractivity contribution in [3.8, 4) is 11.8 Å². The highest BCUT2D eigenvalue weighted by Crippen LogP contribution is 2.33. The van der Waals surface area contributed by atoms with Crippen LogP contribution < -0.4 is 15.4 Å². The molecule has 2 aromatic carbocycles. The van der Waals surface area contributed by atoms with E-state index in [4.69, 9.17) is 10.00 Å². The molecule has 0 aliphatic heterocycles. The first kappa shape index (κ1) is 23.4. The minimum absolute atomic E-state index is 0.237. The van der Waals surface area contributed by atoms with Gasteiger partial charge >= 0.3 is 6.18 Å². The maximum Gasteiger partial charge on any atom is 0.417 e. The van der Waals surface area contributed by atoms with E-state index in [0.717, 1.165) is 25.1 Å². The highest BCUT2D eigenvalue weighted by atomic mass is 19.4. The highest BCUT2D eigenvalue weighted by molar-refractivity contribution is 5.99. The van der Waals surface area contributed by atoms with Gasteiger partial charge < -0.3 is 20.5 Å². The van der Waals surface area contributed by atoms with Crippen molar-refractivity contribution in [3.05, 3.63) is 66.2 Å².